The first-order valence-corrected chi connectivity index (χ1v) is 12.4. The summed E-state index contributed by atoms with van der Waals surface area (Å²) in [4.78, 5) is 35.7. The zero-order valence-electron chi connectivity index (χ0n) is 22.3. The highest BCUT2D eigenvalue weighted by molar-refractivity contribution is 5.95. The number of halogens is 2. The first-order chi connectivity index (χ1) is 19.3. The molecule has 1 N–H and O–H groups in total. The normalized spacial score (nSPS) is 10.6. The number of nitrogens with one attached hydrogen (secondary N) is 1. The molecule has 10 heteroatoms. The Hall–Kier alpha value is -4.86. The van der Waals surface area contributed by atoms with E-state index in [0.29, 0.717) is 47.0 Å². The van der Waals surface area contributed by atoms with Gasteiger partial charge in [0.05, 0.1) is 19.8 Å². The minimum absolute atomic E-state index is 0.0153. The standard InChI is InChI=1S/C30H28F2N4O4/c1-36(12-11-19-8-10-26(39-2)27(14-19)40-3)30(38)22-6-4-5-21(15-22)28-33-17-23(18-34-28)29(37)35-16-20-7-9-24(31)25(32)13-20/h4-10,13-15,17-18H,11-12,16H2,1-3H3,(H,35,37). The van der Waals surface area contributed by atoms with Gasteiger partial charge < -0.3 is 19.7 Å². The molecule has 0 aliphatic rings. The molecule has 0 radical (unpaired) electrons. The van der Waals surface area contributed by atoms with Crippen molar-refractivity contribution in [1.29, 1.82) is 0 Å². The second-order valence-corrected chi connectivity index (χ2v) is 8.97. The molecule has 0 aliphatic carbocycles. The molecule has 4 rings (SSSR count). The van der Waals surface area contributed by atoms with Gasteiger partial charge in [-0.3, -0.25) is 9.59 Å². The molecule has 3 aromatic carbocycles. The van der Waals surface area contributed by atoms with E-state index in [-0.39, 0.29) is 18.0 Å². The van der Waals surface area contributed by atoms with Gasteiger partial charge in [-0.1, -0.05) is 24.3 Å². The Morgan fingerprint density at radius 1 is 0.850 bits per heavy atom. The van der Waals surface area contributed by atoms with Gasteiger partial charge in [0.1, 0.15) is 0 Å². The molecule has 40 heavy (non-hydrogen) atoms. The summed E-state index contributed by atoms with van der Waals surface area (Å²) in [6.07, 6.45) is 3.37. The summed E-state index contributed by atoms with van der Waals surface area (Å²) < 4.78 is 37.1. The Morgan fingerprint density at radius 2 is 1.57 bits per heavy atom. The molecule has 0 unspecified atom stereocenters. The van der Waals surface area contributed by atoms with Crippen molar-refractivity contribution in [1.82, 2.24) is 20.2 Å². The fourth-order valence-corrected chi connectivity index (χ4v) is 3.97. The highest BCUT2D eigenvalue weighted by atomic mass is 19.2. The van der Waals surface area contributed by atoms with E-state index >= 15 is 0 Å². The number of benzene rings is 3. The lowest BCUT2D eigenvalue weighted by Gasteiger charge is -2.18. The SMILES string of the molecule is COc1ccc(CCN(C)C(=O)c2cccc(-c3ncc(C(=O)NCc4ccc(F)c(F)c4)cn3)c2)cc1OC. The van der Waals surface area contributed by atoms with Crippen molar-refractivity contribution in [3.05, 3.63) is 107 Å². The van der Waals surface area contributed by atoms with Crippen LogP contribution in [0.1, 0.15) is 31.8 Å². The van der Waals surface area contributed by atoms with Crippen LogP contribution < -0.4 is 14.8 Å². The summed E-state index contributed by atoms with van der Waals surface area (Å²) in [5, 5.41) is 2.62. The molecular formula is C30H28F2N4O4. The Balaban J connectivity index is 1.37. The van der Waals surface area contributed by atoms with Gasteiger partial charge >= 0.3 is 0 Å². The molecule has 1 heterocycles. The van der Waals surface area contributed by atoms with Crippen LogP contribution in [0.5, 0.6) is 11.5 Å². The molecule has 0 fully saturated rings. The van der Waals surface area contributed by atoms with E-state index in [0.717, 1.165) is 17.7 Å². The predicted molar refractivity (Wildman–Crippen MR) is 145 cm³/mol. The van der Waals surface area contributed by atoms with Crippen LogP contribution >= 0.6 is 0 Å². The minimum atomic E-state index is -0.982. The zero-order valence-corrected chi connectivity index (χ0v) is 22.3. The molecular weight excluding hydrogens is 518 g/mol. The Bertz CT molecular complexity index is 1510. The molecule has 0 saturated carbocycles. The first-order valence-electron chi connectivity index (χ1n) is 12.4. The van der Waals surface area contributed by atoms with E-state index in [1.54, 1.807) is 50.4 Å². The van der Waals surface area contributed by atoms with Crippen LogP contribution in [0.4, 0.5) is 8.78 Å². The molecule has 4 aromatic rings. The predicted octanol–water partition coefficient (Wildman–Crippen LogP) is 4.68. The lowest BCUT2D eigenvalue weighted by molar-refractivity contribution is 0.0796. The van der Waals surface area contributed by atoms with Crippen molar-refractivity contribution < 1.29 is 27.8 Å². The van der Waals surface area contributed by atoms with Crippen molar-refractivity contribution in [3.8, 4) is 22.9 Å². The smallest absolute Gasteiger partial charge is 0.254 e. The summed E-state index contributed by atoms with van der Waals surface area (Å²) in [5.41, 5.74) is 2.72. The van der Waals surface area contributed by atoms with Gasteiger partial charge in [-0.15, -0.1) is 0 Å². The van der Waals surface area contributed by atoms with Crippen molar-refractivity contribution in [2.24, 2.45) is 0 Å². The molecule has 0 spiro atoms. The zero-order chi connectivity index (χ0) is 28.6. The lowest BCUT2D eigenvalue weighted by Crippen LogP contribution is -2.28. The number of ether oxygens (including phenoxy) is 2. The van der Waals surface area contributed by atoms with Gasteiger partial charge in [0.2, 0.25) is 0 Å². The Morgan fingerprint density at radius 3 is 2.27 bits per heavy atom. The van der Waals surface area contributed by atoms with E-state index in [9.17, 15) is 18.4 Å². The molecule has 206 valence electrons. The summed E-state index contributed by atoms with van der Waals surface area (Å²) >= 11 is 0. The van der Waals surface area contributed by atoms with Crippen LogP contribution in [-0.2, 0) is 13.0 Å². The topological polar surface area (TPSA) is 93.7 Å². The lowest BCUT2D eigenvalue weighted by atomic mass is 10.1. The van der Waals surface area contributed by atoms with Gasteiger partial charge in [-0.2, -0.15) is 0 Å². The maximum atomic E-state index is 13.4. The van der Waals surface area contributed by atoms with Gasteiger partial charge in [-0.05, 0) is 53.9 Å². The molecule has 2 amide bonds. The molecule has 0 bridgehead atoms. The fourth-order valence-electron chi connectivity index (χ4n) is 3.97. The fraction of sp³-hybridized carbons (Fsp3) is 0.200. The number of carbonyl (C=O) groups excluding carboxylic acids is 2. The van der Waals surface area contributed by atoms with Crippen LogP contribution in [0.25, 0.3) is 11.4 Å². The van der Waals surface area contributed by atoms with Gasteiger partial charge in [-0.25, -0.2) is 18.7 Å². The third-order valence-corrected chi connectivity index (χ3v) is 6.25. The average molecular weight is 547 g/mol. The highest BCUT2D eigenvalue weighted by Crippen LogP contribution is 2.28. The maximum absolute atomic E-state index is 13.4. The summed E-state index contributed by atoms with van der Waals surface area (Å²) in [5.74, 6) is -0.930. The van der Waals surface area contributed by atoms with Crippen LogP contribution in [0.3, 0.4) is 0 Å². The summed E-state index contributed by atoms with van der Waals surface area (Å²) in [6, 6.07) is 16.0. The maximum Gasteiger partial charge on any atom is 0.254 e. The van der Waals surface area contributed by atoms with Crippen LogP contribution in [0, 0.1) is 11.6 Å². The van der Waals surface area contributed by atoms with Crippen LogP contribution in [-0.4, -0.2) is 54.5 Å². The average Bonchev–Trinajstić information content (AvgIpc) is 2.99. The van der Waals surface area contributed by atoms with Crippen LogP contribution in [0.15, 0.2) is 73.1 Å². The van der Waals surface area contributed by atoms with Gasteiger partial charge in [0.15, 0.2) is 29.0 Å². The van der Waals surface area contributed by atoms with E-state index < -0.39 is 17.5 Å². The third kappa shape index (κ3) is 6.76. The monoisotopic (exact) mass is 546 g/mol. The van der Waals surface area contributed by atoms with E-state index in [4.69, 9.17) is 9.47 Å². The quantitative estimate of drug-likeness (QED) is 0.310. The molecule has 0 saturated heterocycles. The number of methoxy groups -OCH3 is 2. The summed E-state index contributed by atoms with van der Waals surface area (Å²) in [7, 11) is 4.90. The number of hydrogen-bond donors (Lipinski definition) is 1. The molecule has 0 aliphatic heterocycles. The number of hydrogen-bond acceptors (Lipinski definition) is 6. The number of likely N-dealkylation sites (N-methyl/N-ethyl adjacent to an activating group) is 1. The van der Waals surface area contributed by atoms with Crippen molar-refractivity contribution in [2.75, 3.05) is 27.8 Å². The van der Waals surface area contributed by atoms with Gasteiger partial charge in [0, 0.05) is 43.7 Å². The second kappa shape index (κ2) is 12.8. The highest BCUT2D eigenvalue weighted by Gasteiger charge is 2.15. The van der Waals surface area contributed by atoms with Crippen molar-refractivity contribution in [3.63, 3.8) is 0 Å². The van der Waals surface area contributed by atoms with E-state index in [1.165, 1.54) is 18.5 Å². The number of rotatable bonds is 10. The molecule has 1 aromatic heterocycles. The van der Waals surface area contributed by atoms with Crippen LogP contribution in [0.2, 0.25) is 0 Å². The van der Waals surface area contributed by atoms with Crippen molar-refractivity contribution >= 4 is 11.8 Å². The number of carbonyl (C=O) groups is 2. The summed E-state index contributed by atoms with van der Waals surface area (Å²) in [6.45, 7) is 0.505. The third-order valence-electron chi connectivity index (χ3n) is 6.25. The minimum Gasteiger partial charge on any atom is -0.493 e. The van der Waals surface area contributed by atoms with Crippen molar-refractivity contribution in [2.45, 2.75) is 13.0 Å². The Kier molecular flexibility index (Phi) is 9.00. The molecule has 8 nitrogen and oxygen atoms in total. The number of amides is 2. The van der Waals surface area contributed by atoms with Gasteiger partial charge in [0.25, 0.3) is 11.8 Å². The second-order valence-electron chi connectivity index (χ2n) is 8.97. The molecule has 0 atom stereocenters. The van der Waals surface area contributed by atoms with E-state index in [2.05, 4.69) is 15.3 Å². The number of aromatic nitrogens is 2. The first kappa shape index (κ1) is 28.2. The number of nitrogens with zero attached hydrogens (tertiary/aromatic N) is 3. The van der Waals surface area contributed by atoms with E-state index in [1.807, 2.05) is 18.2 Å². The largest absolute Gasteiger partial charge is 0.493 e. The Labute approximate surface area is 230 Å².